The van der Waals surface area contributed by atoms with E-state index in [2.05, 4.69) is 10.2 Å². The minimum Gasteiger partial charge on any atom is -0.386 e. The van der Waals surface area contributed by atoms with Gasteiger partial charge in [0.1, 0.15) is 6.10 Å². The van der Waals surface area contributed by atoms with Crippen molar-refractivity contribution in [3.05, 3.63) is 35.9 Å². The topological polar surface area (TPSA) is 45.0 Å². The van der Waals surface area contributed by atoms with Crippen molar-refractivity contribution >= 4 is 11.4 Å². The van der Waals surface area contributed by atoms with Crippen LogP contribution in [0.25, 0.3) is 0 Å². The molecule has 1 aliphatic rings. The molecule has 78 valence electrons. The van der Waals surface area contributed by atoms with E-state index in [4.69, 9.17) is 0 Å². The minimum absolute atomic E-state index is 0.0521. The Morgan fingerprint density at radius 2 is 1.60 bits per heavy atom. The lowest BCUT2D eigenvalue weighted by Gasteiger charge is -2.25. The maximum atomic E-state index is 10.0. The first-order chi connectivity index (χ1) is 7.20. The third kappa shape index (κ3) is 1.83. The molecule has 2 rings (SSSR count). The maximum absolute atomic E-state index is 10.0. The molecule has 0 radical (unpaired) electrons. The van der Waals surface area contributed by atoms with Crippen LogP contribution in [0.1, 0.15) is 25.3 Å². The highest BCUT2D eigenvalue weighted by Crippen LogP contribution is 2.25. The molecule has 0 amide bonds. The van der Waals surface area contributed by atoms with E-state index in [1.807, 2.05) is 37.3 Å². The molecule has 0 fully saturated rings. The third-order valence-corrected chi connectivity index (χ3v) is 2.72. The zero-order valence-electron chi connectivity index (χ0n) is 8.88. The molecule has 0 bridgehead atoms. The first kappa shape index (κ1) is 10.1. The summed E-state index contributed by atoms with van der Waals surface area (Å²) in [6.45, 7) is 3.70. The number of rotatable bonds is 1. The molecule has 0 saturated heterocycles. The Bertz CT molecular complexity index is 409. The van der Waals surface area contributed by atoms with Crippen molar-refractivity contribution in [1.29, 1.82) is 0 Å². The van der Waals surface area contributed by atoms with Crippen molar-refractivity contribution in [2.45, 2.75) is 25.9 Å². The summed E-state index contributed by atoms with van der Waals surface area (Å²) in [7, 11) is 0. The van der Waals surface area contributed by atoms with Gasteiger partial charge in [0.05, 0.1) is 11.6 Å². The first-order valence-electron chi connectivity index (χ1n) is 5.02. The van der Waals surface area contributed by atoms with Gasteiger partial charge in [-0.05, 0) is 19.4 Å². The predicted molar refractivity (Wildman–Crippen MR) is 61.4 cm³/mol. The van der Waals surface area contributed by atoms with Crippen LogP contribution in [0.4, 0.5) is 0 Å². The summed E-state index contributed by atoms with van der Waals surface area (Å²) in [6, 6.07) is 9.91. The summed E-state index contributed by atoms with van der Waals surface area (Å²) in [4.78, 5) is 0. The second-order valence-electron chi connectivity index (χ2n) is 3.82. The molecule has 15 heavy (non-hydrogen) atoms. The number of aliphatic hydroxyl groups is 1. The van der Waals surface area contributed by atoms with E-state index in [-0.39, 0.29) is 5.92 Å². The van der Waals surface area contributed by atoms with Crippen LogP contribution in [0.15, 0.2) is 40.5 Å². The quantitative estimate of drug-likeness (QED) is 0.743. The minimum atomic E-state index is -0.551. The molecule has 2 unspecified atom stereocenters. The normalized spacial score (nSPS) is 25.8. The summed E-state index contributed by atoms with van der Waals surface area (Å²) < 4.78 is 0. The third-order valence-electron chi connectivity index (χ3n) is 2.72. The van der Waals surface area contributed by atoms with Crippen molar-refractivity contribution in [3.8, 4) is 0 Å². The fourth-order valence-electron chi connectivity index (χ4n) is 1.83. The standard InChI is InChI=1S/C12H14N2O/c1-8-11(10-6-4-3-5-7-10)12(15)9(2)14-13-8/h3-7,11-12,15H,1-2H3. The highest BCUT2D eigenvalue weighted by Gasteiger charge is 2.28. The summed E-state index contributed by atoms with van der Waals surface area (Å²) >= 11 is 0. The molecule has 0 spiro atoms. The monoisotopic (exact) mass is 202 g/mol. The highest BCUT2D eigenvalue weighted by molar-refractivity contribution is 6.00. The number of hydrogen-bond donors (Lipinski definition) is 1. The first-order valence-corrected chi connectivity index (χ1v) is 5.02. The number of nitrogens with zero attached hydrogens (tertiary/aromatic N) is 2. The molecule has 1 N–H and O–H groups in total. The fourth-order valence-corrected chi connectivity index (χ4v) is 1.83. The second kappa shape index (κ2) is 3.95. The summed E-state index contributed by atoms with van der Waals surface area (Å²) in [5, 5.41) is 18.0. The van der Waals surface area contributed by atoms with Gasteiger partial charge in [-0.1, -0.05) is 30.3 Å². The van der Waals surface area contributed by atoms with Gasteiger partial charge >= 0.3 is 0 Å². The lowest BCUT2D eigenvalue weighted by Crippen LogP contribution is -2.33. The van der Waals surface area contributed by atoms with Gasteiger partial charge in [-0.3, -0.25) is 0 Å². The van der Waals surface area contributed by atoms with Gasteiger partial charge < -0.3 is 5.11 Å². The van der Waals surface area contributed by atoms with Gasteiger partial charge in [0.2, 0.25) is 0 Å². The van der Waals surface area contributed by atoms with Crippen LogP contribution in [-0.4, -0.2) is 22.6 Å². The van der Waals surface area contributed by atoms with Crippen LogP contribution in [0.5, 0.6) is 0 Å². The van der Waals surface area contributed by atoms with Gasteiger partial charge in [0.15, 0.2) is 0 Å². The van der Waals surface area contributed by atoms with E-state index in [1.54, 1.807) is 6.92 Å². The van der Waals surface area contributed by atoms with Crippen molar-refractivity contribution in [3.63, 3.8) is 0 Å². The lowest BCUT2D eigenvalue weighted by atomic mass is 9.87. The Morgan fingerprint density at radius 3 is 2.27 bits per heavy atom. The van der Waals surface area contributed by atoms with E-state index in [1.165, 1.54) is 0 Å². The van der Waals surface area contributed by atoms with Gasteiger partial charge in [0.25, 0.3) is 0 Å². The van der Waals surface area contributed by atoms with Crippen LogP contribution in [0, 0.1) is 0 Å². The molecule has 3 nitrogen and oxygen atoms in total. The van der Waals surface area contributed by atoms with Crippen molar-refractivity contribution in [2.24, 2.45) is 10.2 Å². The van der Waals surface area contributed by atoms with E-state index in [9.17, 15) is 5.11 Å². The number of hydrogen-bond acceptors (Lipinski definition) is 3. The Labute approximate surface area is 89.2 Å². The van der Waals surface area contributed by atoms with E-state index >= 15 is 0 Å². The average molecular weight is 202 g/mol. The largest absolute Gasteiger partial charge is 0.386 e. The zero-order valence-corrected chi connectivity index (χ0v) is 8.88. The van der Waals surface area contributed by atoms with Gasteiger partial charge in [0, 0.05) is 5.71 Å². The Kier molecular flexibility index (Phi) is 2.64. The molecular weight excluding hydrogens is 188 g/mol. The van der Waals surface area contributed by atoms with Crippen molar-refractivity contribution in [1.82, 2.24) is 0 Å². The Hall–Kier alpha value is -1.48. The van der Waals surface area contributed by atoms with Crippen molar-refractivity contribution in [2.75, 3.05) is 0 Å². The molecule has 1 aromatic carbocycles. The van der Waals surface area contributed by atoms with Gasteiger partial charge in [-0.2, -0.15) is 10.2 Å². The van der Waals surface area contributed by atoms with Crippen LogP contribution in [0.3, 0.4) is 0 Å². The predicted octanol–water partition coefficient (Wildman–Crippen LogP) is 1.98. The summed E-state index contributed by atoms with van der Waals surface area (Å²) in [5.74, 6) is -0.0521. The summed E-state index contributed by atoms with van der Waals surface area (Å²) in [5.41, 5.74) is 2.62. The Morgan fingerprint density at radius 1 is 1.00 bits per heavy atom. The highest BCUT2D eigenvalue weighted by atomic mass is 16.3. The molecule has 2 atom stereocenters. The smallest absolute Gasteiger partial charge is 0.106 e. The molecule has 0 aromatic heterocycles. The van der Waals surface area contributed by atoms with Gasteiger partial charge in [-0.15, -0.1) is 0 Å². The molecule has 0 aliphatic carbocycles. The lowest BCUT2D eigenvalue weighted by molar-refractivity contribution is 0.228. The molecule has 1 aliphatic heterocycles. The van der Waals surface area contributed by atoms with E-state index in [0.717, 1.165) is 11.3 Å². The molecule has 1 heterocycles. The van der Waals surface area contributed by atoms with Crippen molar-refractivity contribution < 1.29 is 5.11 Å². The number of aliphatic hydroxyl groups excluding tert-OH is 1. The van der Waals surface area contributed by atoms with Crippen LogP contribution in [-0.2, 0) is 0 Å². The van der Waals surface area contributed by atoms with E-state index in [0.29, 0.717) is 5.71 Å². The molecule has 0 saturated carbocycles. The van der Waals surface area contributed by atoms with Crippen LogP contribution >= 0.6 is 0 Å². The average Bonchev–Trinajstić information content (AvgIpc) is 2.26. The fraction of sp³-hybridized carbons (Fsp3) is 0.333. The molecule has 1 aromatic rings. The molecular formula is C12H14N2O. The van der Waals surface area contributed by atoms with Crippen LogP contribution in [0.2, 0.25) is 0 Å². The number of benzene rings is 1. The SMILES string of the molecule is CC1=NN=C(C)C(c2ccccc2)C1O. The summed E-state index contributed by atoms with van der Waals surface area (Å²) in [6.07, 6.45) is -0.551. The maximum Gasteiger partial charge on any atom is 0.106 e. The van der Waals surface area contributed by atoms with Gasteiger partial charge in [-0.25, -0.2) is 0 Å². The van der Waals surface area contributed by atoms with E-state index < -0.39 is 6.10 Å². The zero-order chi connectivity index (χ0) is 10.8. The molecule has 3 heteroatoms. The van der Waals surface area contributed by atoms with Crippen LogP contribution < -0.4 is 0 Å². The second-order valence-corrected chi connectivity index (χ2v) is 3.82. The Balaban J connectivity index is 2.38.